The Morgan fingerprint density at radius 2 is 2.29 bits per heavy atom. The third-order valence-corrected chi connectivity index (χ3v) is 3.62. The lowest BCUT2D eigenvalue weighted by atomic mass is 10.2. The van der Waals surface area contributed by atoms with E-state index in [4.69, 9.17) is 0 Å². The zero-order valence-electron chi connectivity index (χ0n) is 11.0. The van der Waals surface area contributed by atoms with E-state index in [-0.39, 0.29) is 11.9 Å². The molecule has 1 atom stereocenters. The molecule has 0 aliphatic rings. The molecule has 0 fully saturated rings. The van der Waals surface area contributed by atoms with Crippen molar-refractivity contribution in [1.29, 1.82) is 0 Å². The fraction of sp³-hybridized carbons (Fsp3) is 0.667. The minimum atomic E-state index is 0.185. The van der Waals surface area contributed by atoms with E-state index in [1.807, 2.05) is 6.20 Å². The van der Waals surface area contributed by atoms with Crippen LogP contribution in [0.2, 0.25) is 0 Å². The molecule has 1 aromatic heterocycles. The molecule has 0 bridgehead atoms. The van der Waals surface area contributed by atoms with Gasteiger partial charge in [0.15, 0.2) is 0 Å². The van der Waals surface area contributed by atoms with Gasteiger partial charge in [-0.15, -0.1) is 11.3 Å². The van der Waals surface area contributed by atoms with Crippen LogP contribution in [-0.2, 0) is 4.79 Å². The number of amides is 1. The highest BCUT2D eigenvalue weighted by Crippen LogP contribution is 2.18. The molecule has 0 aliphatic carbocycles. The molecule has 1 heterocycles. The normalized spacial score (nSPS) is 12.5. The highest BCUT2D eigenvalue weighted by atomic mass is 32.1. The molecule has 1 amide bonds. The summed E-state index contributed by atoms with van der Waals surface area (Å²) in [5.74, 6) is 0.185. The van der Waals surface area contributed by atoms with Crippen molar-refractivity contribution in [2.45, 2.75) is 32.7 Å². The van der Waals surface area contributed by atoms with Crippen molar-refractivity contribution < 1.29 is 4.79 Å². The summed E-state index contributed by atoms with van der Waals surface area (Å²) in [6.07, 6.45) is 3.36. The number of rotatable bonds is 6. The molecule has 0 aromatic carbocycles. The molecule has 1 unspecified atom stereocenters. The van der Waals surface area contributed by atoms with Crippen LogP contribution in [0.4, 0.5) is 0 Å². The quantitative estimate of drug-likeness (QED) is 0.791. The molecule has 96 valence electrons. The smallest absolute Gasteiger partial charge is 0.222 e. The average Bonchev–Trinajstić information content (AvgIpc) is 2.70. The van der Waals surface area contributed by atoms with Gasteiger partial charge in [-0.2, -0.15) is 0 Å². The second-order valence-corrected chi connectivity index (χ2v) is 5.64. The van der Waals surface area contributed by atoms with Crippen LogP contribution in [0.5, 0.6) is 0 Å². The van der Waals surface area contributed by atoms with Gasteiger partial charge in [0.25, 0.3) is 0 Å². The number of carbonyl (C=O) groups excluding carboxylic acids is 1. The van der Waals surface area contributed by atoms with Gasteiger partial charge in [0, 0.05) is 31.6 Å². The Kier molecular flexibility index (Phi) is 5.58. The van der Waals surface area contributed by atoms with Crippen LogP contribution >= 0.6 is 11.3 Å². The molecule has 4 nitrogen and oxygen atoms in total. The fourth-order valence-electron chi connectivity index (χ4n) is 1.44. The van der Waals surface area contributed by atoms with Crippen molar-refractivity contribution >= 4 is 17.2 Å². The number of thiazole rings is 1. The summed E-state index contributed by atoms with van der Waals surface area (Å²) in [6.45, 7) is 5.01. The topological polar surface area (TPSA) is 45.2 Å². The summed E-state index contributed by atoms with van der Waals surface area (Å²) in [7, 11) is 3.58. The van der Waals surface area contributed by atoms with Crippen LogP contribution in [0, 0.1) is 6.92 Å². The van der Waals surface area contributed by atoms with E-state index < -0.39 is 0 Å². The Balaban J connectivity index is 2.21. The van der Waals surface area contributed by atoms with Gasteiger partial charge in [0.05, 0.1) is 6.04 Å². The van der Waals surface area contributed by atoms with E-state index >= 15 is 0 Å². The summed E-state index contributed by atoms with van der Waals surface area (Å²) >= 11 is 1.72. The van der Waals surface area contributed by atoms with Gasteiger partial charge in [0.1, 0.15) is 5.01 Å². The molecule has 0 saturated carbocycles. The van der Waals surface area contributed by atoms with Crippen LogP contribution in [0.3, 0.4) is 0 Å². The van der Waals surface area contributed by atoms with Crippen LogP contribution in [-0.4, -0.2) is 36.4 Å². The Morgan fingerprint density at radius 3 is 2.82 bits per heavy atom. The zero-order chi connectivity index (χ0) is 12.8. The summed E-state index contributed by atoms with van der Waals surface area (Å²) in [5.41, 5.74) is 0. The van der Waals surface area contributed by atoms with Crippen molar-refractivity contribution in [3.8, 4) is 0 Å². The van der Waals surface area contributed by atoms with Crippen molar-refractivity contribution in [2.24, 2.45) is 0 Å². The molecule has 1 N–H and O–H groups in total. The first-order valence-electron chi connectivity index (χ1n) is 5.86. The third-order valence-electron chi connectivity index (χ3n) is 2.53. The lowest BCUT2D eigenvalue weighted by molar-refractivity contribution is -0.128. The fourth-order valence-corrected chi connectivity index (χ4v) is 2.24. The molecule has 0 spiro atoms. The highest BCUT2D eigenvalue weighted by molar-refractivity contribution is 7.11. The molecule has 1 rings (SSSR count). The number of aromatic nitrogens is 1. The minimum Gasteiger partial charge on any atom is -0.349 e. The number of carbonyl (C=O) groups is 1. The van der Waals surface area contributed by atoms with Gasteiger partial charge in [-0.1, -0.05) is 0 Å². The number of hydrogen-bond donors (Lipinski definition) is 1. The maximum Gasteiger partial charge on any atom is 0.222 e. The van der Waals surface area contributed by atoms with Gasteiger partial charge in [-0.25, -0.2) is 4.98 Å². The summed E-state index contributed by atoms with van der Waals surface area (Å²) in [5, 5.41) is 4.50. The van der Waals surface area contributed by atoms with Crippen LogP contribution in [0.1, 0.15) is 35.7 Å². The average molecular weight is 255 g/mol. The molecular weight excluding hydrogens is 234 g/mol. The molecular formula is C12H21N3OS. The third kappa shape index (κ3) is 4.83. The number of aryl methyl sites for hydroxylation is 1. The van der Waals surface area contributed by atoms with Gasteiger partial charge < -0.3 is 10.2 Å². The highest BCUT2D eigenvalue weighted by Gasteiger charge is 2.09. The Labute approximate surface area is 107 Å². The second-order valence-electron chi connectivity index (χ2n) is 4.38. The van der Waals surface area contributed by atoms with E-state index in [2.05, 4.69) is 24.1 Å². The van der Waals surface area contributed by atoms with Crippen LogP contribution < -0.4 is 5.32 Å². The molecule has 0 aliphatic heterocycles. The molecule has 0 radical (unpaired) electrons. The molecule has 17 heavy (non-hydrogen) atoms. The van der Waals surface area contributed by atoms with Gasteiger partial charge in [-0.3, -0.25) is 4.79 Å². The van der Waals surface area contributed by atoms with Gasteiger partial charge >= 0.3 is 0 Å². The molecule has 1 aromatic rings. The largest absolute Gasteiger partial charge is 0.349 e. The second kappa shape index (κ2) is 6.71. The summed E-state index contributed by atoms with van der Waals surface area (Å²) in [4.78, 5) is 18.6. The SMILES string of the molecule is Cc1cnc(C(C)NCCCC(=O)N(C)C)s1. The Hall–Kier alpha value is -0.940. The van der Waals surface area contributed by atoms with Gasteiger partial charge in [-0.05, 0) is 26.8 Å². The summed E-state index contributed by atoms with van der Waals surface area (Å²) < 4.78 is 0. The first-order chi connectivity index (χ1) is 8.00. The monoisotopic (exact) mass is 255 g/mol. The van der Waals surface area contributed by atoms with E-state index in [0.717, 1.165) is 18.0 Å². The predicted molar refractivity (Wildman–Crippen MR) is 71.2 cm³/mol. The number of nitrogens with zero attached hydrogens (tertiary/aromatic N) is 2. The van der Waals surface area contributed by atoms with Crippen molar-refractivity contribution in [3.63, 3.8) is 0 Å². The summed E-state index contributed by atoms with van der Waals surface area (Å²) in [6, 6.07) is 0.267. The van der Waals surface area contributed by atoms with Crippen molar-refractivity contribution in [1.82, 2.24) is 15.2 Å². The number of nitrogens with one attached hydrogen (secondary N) is 1. The van der Waals surface area contributed by atoms with E-state index in [1.54, 1.807) is 30.3 Å². The standard InChI is InChI=1S/C12H21N3OS/c1-9-8-14-12(17-9)10(2)13-7-5-6-11(16)15(3)4/h8,10,13H,5-7H2,1-4H3. The lowest BCUT2D eigenvalue weighted by Crippen LogP contribution is -2.24. The van der Waals surface area contributed by atoms with E-state index in [0.29, 0.717) is 6.42 Å². The predicted octanol–water partition coefficient (Wildman–Crippen LogP) is 1.97. The first kappa shape index (κ1) is 14.1. The maximum absolute atomic E-state index is 11.3. The van der Waals surface area contributed by atoms with Crippen molar-refractivity contribution in [3.05, 3.63) is 16.1 Å². The zero-order valence-corrected chi connectivity index (χ0v) is 11.8. The lowest BCUT2D eigenvalue weighted by Gasteiger charge is -2.12. The van der Waals surface area contributed by atoms with Gasteiger partial charge in [0.2, 0.25) is 5.91 Å². The maximum atomic E-state index is 11.3. The minimum absolute atomic E-state index is 0.185. The molecule has 0 saturated heterocycles. The molecule has 5 heteroatoms. The van der Waals surface area contributed by atoms with Crippen molar-refractivity contribution in [2.75, 3.05) is 20.6 Å². The van der Waals surface area contributed by atoms with Crippen LogP contribution in [0.15, 0.2) is 6.20 Å². The Morgan fingerprint density at radius 1 is 1.59 bits per heavy atom. The Bertz CT molecular complexity index is 362. The van der Waals surface area contributed by atoms with Crippen LogP contribution in [0.25, 0.3) is 0 Å². The van der Waals surface area contributed by atoms with E-state index in [9.17, 15) is 4.79 Å². The van der Waals surface area contributed by atoms with E-state index in [1.165, 1.54) is 4.88 Å². The number of hydrogen-bond acceptors (Lipinski definition) is 4. The first-order valence-corrected chi connectivity index (χ1v) is 6.68.